The monoisotopic (exact) mass is 240 g/mol. The molecule has 0 saturated heterocycles. The van der Waals surface area contributed by atoms with Crippen molar-refractivity contribution < 1.29 is 19.0 Å². The molecular formula is C13H17FO3. The molecule has 2 rings (SSSR count). The molecule has 1 aliphatic rings. The molecule has 1 aliphatic carbocycles. The number of hydrogen-bond donors (Lipinski definition) is 1. The van der Waals surface area contributed by atoms with Gasteiger partial charge in [-0.1, -0.05) is 0 Å². The standard InChI is InChI=1S/C13H17FO3/c1-8(2)17-12-10(13(15)4-5-13)6-9(14)7-11(12)16-3/h6-8,15H,4-5H2,1-3H3. The van der Waals surface area contributed by atoms with Crippen molar-refractivity contribution in [2.45, 2.75) is 38.4 Å². The van der Waals surface area contributed by atoms with Crippen LogP contribution in [0.3, 0.4) is 0 Å². The average Bonchev–Trinajstić information content (AvgIpc) is 2.99. The fraction of sp³-hybridized carbons (Fsp3) is 0.538. The van der Waals surface area contributed by atoms with Crippen molar-refractivity contribution in [2.75, 3.05) is 7.11 Å². The normalized spacial score (nSPS) is 17.1. The van der Waals surface area contributed by atoms with Gasteiger partial charge < -0.3 is 14.6 Å². The summed E-state index contributed by atoms with van der Waals surface area (Å²) < 4.78 is 24.2. The van der Waals surface area contributed by atoms with Gasteiger partial charge in [-0.05, 0) is 32.8 Å². The minimum absolute atomic E-state index is 0.0598. The summed E-state index contributed by atoms with van der Waals surface area (Å²) in [6, 6.07) is 2.60. The molecule has 0 amide bonds. The lowest BCUT2D eigenvalue weighted by Crippen LogP contribution is -2.14. The lowest BCUT2D eigenvalue weighted by Gasteiger charge is -2.20. The first-order valence-electron chi connectivity index (χ1n) is 5.73. The maximum atomic E-state index is 13.4. The van der Waals surface area contributed by atoms with Crippen LogP contribution >= 0.6 is 0 Å². The predicted octanol–water partition coefficient (Wildman–Crippen LogP) is 2.60. The summed E-state index contributed by atoms with van der Waals surface area (Å²) in [5.74, 6) is 0.353. The van der Waals surface area contributed by atoms with E-state index < -0.39 is 11.4 Å². The largest absolute Gasteiger partial charge is 0.493 e. The Bertz CT molecular complexity index is 425. The van der Waals surface area contributed by atoms with Gasteiger partial charge in [0, 0.05) is 11.6 Å². The fourth-order valence-electron chi connectivity index (χ4n) is 1.81. The van der Waals surface area contributed by atoms with Crippen molar-refractivity contribution in [3.63, 3.8) is 0 Å². The number of halogens is 1. The third-order valence-corrected chi connectivity index (χ3v) is 2.82. The number of aliphatic hydroxyl groups is 1. The summed E-state index contributed by atoms with van der Waals surface area (Å²) in [6.45, 7) is 3.76. The van der Waals surface area contributed by atoms with E-state index in [4.69, 9.17) is 9.47 Å². The Kier molecular flexibility index (Phi) is 3.00. The molecule has 1 fully saturated rings. The lowest BCUT2D eigenvalue weighted by molar-refractivity contribution is 0.139. The molecule has 0 aromatic heterocycles. The zero-order valence-corrected chi connectivity index (χ0v) is 10.3. The minimum Gasteiger partial charge on any atom is -0.493 e. The lowest BCUT2D eigenvalue weighted by atomic mass is 10.1. The van der Waals surface area contributed by atoms with E-state index in [0.29, 0.717) is 29.9 Å². The maximum absolute atomic E-state index is 13.4. The first-order valence-corrected chi connectivity index (χ1v) is 5.73. The highest BCUT2D eigenvalue weighted by Gasteiger charge is 2.45. The zero-order valence-electron chi connectivity index (χ0n) is 10.3. The summed E-state index contributed by atoms with van der Waals surface area (Å²) in [6.07, 6.45) is 1.21. The summed E-state index contributed by atoms with van der Waals surface area (Å²) in [7, 11) is 1.46. The van der Waals surface area contributed by atoms with Crippen LogP contribution in [0.15, 0.2) is 12.1 Å². The molecule has 0 radical (unpaired) electrons. The fourth-order valence-corrected chi connectivity index (χ4v) is 1.81. The van der Waals surface area contributed by atoms with Crippen LogP contribution in [0.2, 0.25) is 0 Å². The molecule has 0 unspecified atom stereocenters. The number of ether oxygens (including phenoxy) is 2. The topological polar surface area (TPSA) is 38.7 Å². The van der Waals surface area contributed by atoms with Gasteiger partial charge in [-0.3, -0.25) is 0 Å². The number of hydrogen-bond acceptors (Lipinski definition) is 3. The van der Waals surface area contributed by atoms with Crippen LogP contribution in [0.25, 0.3) is 0 Å². The van der Waals surface area contributed by atoms with Crippen LogP contribution < -0.4 is 9.47 Å². The molecule has 0 aliphatic heterocycles. The SMILES string of the molecule is COc1cc(F)cc(C2(O)CC2)c1OC(C)C. The van der Waals surface area contributed by atoms with Crippen LogP contribution in [-0.4, -0.2) is 18.3 Å². The van der Waals surface area contributed by atoms with E-state index >= 15 is 0 Å². The minimum atomic E-state index is -0.945. The first kappa shape index (κ1) is 12.2. The van der Waals surface area contributed by atoms with Gasteiger partial charge in [-0.2, -0.15) is 0 Å². The highest BCUT2D eigenvalue weighted by atomic mass is 19.1. The van der Waals surface area contributed by atoms with Crippen LogP contribution in [0, 0.1) is 5.82 Å². The summed E-state index contributed by atoms with van der Waals surface area (Å²) in [5, 5.41) is 10.1. The Morgan fingerprint density at radius 2 is 2.00 bits per heavy atom. The Hall–Kier alpha value is -1.29. The van der Waals surface area contributed by atoms with Crippen LogP contribution in [0.4, 0.5) is 4.39 Å². The Labute approximate surface area is 100 Å². The van der Waals surface area contributed by atoms with Gasteiger partial charge in [0.15, 0.2) is 11.5 Å². The van der Waals surface area contributed by atoms with E-state index in [2.05, 4.69) is 0 Å². The molecule has 4 heteroatoms. The van der Waals surface area contributed by atoms with Crippen molar-refractivity contribution in [3.05, 3.63) is 23.5 Å². The van der Waals surface area contributed by atoms with E-state index in [0.717, 1.165) is 0 Å². The van der Waals surface area contributed by atoms with E-state index in [1.807, 2.05) is 13.8 Å². The first-order chi connectivity index (χ1) is 7.96. The quantitative estimate of drug-likeness (QED) is 0.879. The van der Waals surface area contributed by atoms with Gasteiger partial charge in [0.2, 0.25) is 0 Å². The van der Waals surface area contributed by atoms with Crippen molar-refractivity contribution in [2.24, 2.45) is 0 Å². The van der Waals surface area contributed by atoms with Crippen molar-refractivity contribution >= 4 is 0 Å². The second kappa shape index (κ2) is 4.18. The van der Waals surface area contributed by atoms with Crippen LogP contribution in [-0.2, 0) is 5.60 Å². The van der Waals surface area contributed by atoms with Crippen LogP contribution in [0.1, 0.15) is 32.3 Å². The molecule has 0 spiro atoms. The Balaban J connectivity index is 2.50. The van der Waals surface area contributed by atoms with Crippen molar-refractivity contribution in [3.8, 4) is 11.5 Å². The van der Waals surface area contributed by atoms with Gasteiger partial charge >= 0.3 is 0 Å². The zero-order chi connectivity index (χ0) is 12.6. The molecule has 1 aromatic carbocycles. The summed E-state index contributed by atoms with van der Waals surface area (Å²) in [5.41, 5.74) is -0.456. The number of rotatable bonds is 4. The smallest absolute Gasteiger partial charge is 0.167 e. The van der Waals surface area contributed by atoms with Gasteiger partial charge in [0.05, 0.1) is 18.8 Å². The second-order valence-electron chi connectivity index (χ2n) is 4.68. The molecule has 1 N–H and O–H groups in total. The average molecular weight is 240 g/mol. The van der Waals surface area contributed by atoms with E-state index in [1.54, 1.807) is 0 Å². The Morgan fingerprint density at radius 3 is 2.47 bits per heavy atom. The van der Waals surface area contributed by atoms with Gasteiger partial charge in [0.1, 0.15) is 5.82 Å². The molecular weight excluding hydrogens is 223 g/mol. The second-order valence-corrected chi connectivity index (χ2v) is 4.68. The number of methoxy groups -OCH3 is 1. The molecule has 0 heterocycles. The third kappa shape index (κ3) is 2.36. The van der Waals surface area contributed by atoms with Gasteiger partial charge in [-0.25, -0.2) is 4.39 Å². The molecule has 0 atom stereocenters. The Morgan fingerprint density at radius 1 is 1.35 bits per heavy atom. The molecule has 1 saturated carbocycles. The molecule has 94 valence electrons. The van der Waals surface area contributed by atoms with Crippen molar-refractivity contribution in [1.82, 2.24) is 0 Å². The summed E-state index contributed by atoms with van der Waals surface area (Å²) >= 11 is 0. The third-order valence-electron chi connectivity index (χ3n) is 2.82. The van der Waals surface area contributed by atoms with E-state index in [1.165, 1.54) is 19.2 Å². The molecule has 1 aromatic rings. The van der Waals surface area contributed by atoms with E-state index in [-0.39, 0.29) is 6.10 Å². The predicted molar refractivity (Wildman–Crippen MR) is 61.8 cm³/mol. The van der Waals surface area contributed by atoms with E-state index in [9.17, 15) is 9.50 Å². The van der Waals surface area contributed by atoms with Gasteiger partial charge in [0.25, 0.3) is 0 Å². The van der Waals surface area contributed by atoms with Gasteiger partial charge in [-0.15, -0.1) is 0 Å². The highest BCUT2D eigenvalue weighted by molar-refractivity contribution is 5.51. The molecule has 3 nitrogen and oxygen atoms in total. The molecule has 0 bridgehead atoms. The highest BCUT2D eigenvalue weighted by Crippen LogP contribution is 2.51. The maximum Gasteiger partial charge on any atom is 0.167 e. The number of benzene rings is 1. The van der Waals surface area contributed by atoms with Crippen molar-refractivity contribution in [1.29, 1.82) is 0 Å². The summed E-state index contributed by atoms with van der Waals surface area (Å²) in [4.78, 5) is 0. The molecule has 17 heavy (non-hydrogen) atoms. The van der Waals surface area contributed by atoms with Crippen LogP contribution in [0.5, 0.6) is 11.5 Å².